The fourth-order valence-electron chi connectivity index (χ4n) is 3.50. The molecule has 6 nitrogen and oxygen atoms in total. The fourth-order valence-corrected chi connectivity index (χ4v) is 3.50. The molecule has 1 aliphatic heterocycles. The molecule has 0 fully saturated rings. The Hall–Kier alpha value is -2.99. The first-order valence-corrected chi connectivity index (χ1v) is 9.57. The van der Waals surface area contributed by atoms with Crippen molar-refractivity contribution < 1.29 is 0 Å². The van der Waals surface area contributed by atoms with Gasteiger partial charge in [0.25, 0.3) is 0 Å². The molecule has 28 heavy (non-hydrogen) atoms. The lowest BCUT2D eigenvalue weighted by atomic mass is 10.1. The van der Waals surface area contributed by atoms with Crippen LogP contribution in [0.2, 0.25) is 0 Å². The van der Waals surface area contributed by atoms with E-state index in [0.29, 0.717) is 18.6 Å². The van der Waals surface area contributed by atoms with Crippen molar-refractivity contribution in [1.82, 2.24) is 20.2 Å². The SMILES string of the molecule is Cc1ccc(CN2CN=C(Nc3nc(C)c4cc(C)cc(C)c4n3)NC2)cc1. The molecule has 0 atom stereocenters. The monoisotopic (exact) mass is 374 g/mol. The molecule has 2 N–H and O–H groups in total. The zero-order valence-corrected chi connectivity index (χ0v) is 16.9. The zero-order chi connectivity index (χ0) is 19.7. The van der Waals surface area contributed by atoms with Crippen LogP contribution in [0.5, 0.6) is 0 Å². The Kier molecular flexibility index (Phi) is 4.96. The van der Waals surface area contributed by atoms with Crippen molar-refractivity contribution in [3.8, 4) is 0 Å². The number of aryl methyl sites for hydroxylation is 4. The summed E-state index contributed by atoms with van der Waals surface area (Å²) in [6.45, 7) is 10.5. The van der Waals surface area contributed by atoms with Gasteiger partial charge in [0.1, 0.15) is 0 Å². The molecule has 1 aliphatic rings. The van der Waals surface area contributed by atoms with Crippen LogP contribution in [0.1, 0.15) is 27.9 Å². The summed E-state index contributed by atoms with van der Waals surface area (Å²) in [5, 5.41) is 7.67. The molecule has 0 saturated heterocycles. The lowest BCUT2D eigenvalue weighted by molar-refractivity contribution is 0.256. The van der Waals surface area contributed by atoms with Gasteiger partial charge >= 0.3 is 0 Å². The van der Waals surface area contributed by atoms with E-state index in [9.17, 15) is 0 Å². The number of nitrogens with one attached hydrogen (secondary N) is 2. The predicted molar refractivity (Wildman–Crippen MR) is 114 cm³/mol. The number of benzene rings is 2. The van der Waals surface area contributed by atoms with E-state index in [2.05, 4.69) is 82.7 Å². The third-order valence-electron chi connectivity index (χ3n) is 4.98. The topological polar surface area (TPSA) is 65.4 Å². The smallest absolute Gasteiger partial charge is 0.230 e. The average Bonchev–Trinajstić information content (AvgIpc) is 2.66. The van der Waals surface area contributed by atoms with Crippen molar-refractivity contribution in [2.75, 3.05) is 18.7 Å². The minimum atomic E-state index is 0.579. The van der Waals surface area contributed by atoms with E-state index < -0.39 is 0 Å². The summed E-state index contributed by atoms with van der Waals surface area (Å²) in [4.78, 5) is 16.2. The normalized spacial score (nSPS) is 14.6. The highest BCUT2D eigenvalue weighted by atomic mass is 15.4. The standard InChI is InChI=1S/C22H26N6/c1-14-5-7-18(8-6-14)11-28-12-23-21(24-13-28)27-22-25-17(4)19-10-15(2)9-16(3)20(19)26-22/h5-10H,11-13H2,1-4H3,(H2,23,24,25,26,27). The lowest BCUT2D eigenvalue weighted by Crippen LogP contribution is -2.45. The number of anilines is 1. The molecule has 144 valence electrons. The Morgan fingerprint density at radius 2 is 1.79 bits per heavy atom. The first-order chi connectivity index (χ1) is 13.5. The van der Waals surface area contributed by atoms with Gasteiger partial charge in [-0.25, -0.2) is 15.0 Å². The number of hydrogen-bond donors (Lipinski definition) is 2. The van der Waals surface area contributed by atoms with Gasteiger partial charge in [0.15, 0.2) is 0 Å². The molecule has 2 heterocycles. The molecule has 0 radical (unpaired) electrons. The maximum absolute atomic E-state index is 4.71. The van der Waals surface area contributed by atoms with Crippen LogP contribution in [0.25, 0.3) is 10.9 Å². The van der Waals surface area contributed by atoms with E-state index in [0.717, 1.165) is 35.4 Å². The van der Waals surface area contributed by atoms with Crippen LogP contribution >= 0.6 is 0 Å². The van der Waals surface area contributed by atoms with Crippen LogP contribution in [-0.2, 0) is 6.54 Å². The number of aromatic nitrogens is 2. The van der Waals surface area contributed by atoms with E-state index in [4.69, 9.17) is 4.98 Å². The highest BCUT2D eigenvalue weighted by Crippen LogP contribution is 2.22. The quantitative estimate of drug-likeness (QED) is 0.733. The third-order valence-corrected chi connectivity index (χ3v) is 4.98. The summed E-state index contributed by atoms with van der Waals surface area (Å²) < 4.78 is 0. The molecule has 1 aromatic heterocycles. The molecule has 0 saturated carbocycles. The van der Waals surface area contributed by atoms with Gasteiger partial charge in [0.05, 0.1) is 24.5 Å². The molecule has 4 rings (SSSR count). The second-order valence-corrected chi connectivity index (χ2v) is 7.53. The molecule has 0 amide bonds. The Bertz CT molecular complexity index is 1040. The van der Waals surface area contributed by atoms with Gasteiger partial charge in [0.2, 0.25) is 11.9 Å². The van der Waals surface area contributed by atoms with E-state index in [1.807, 2.05) is 6.92 Å². The maximum Gasteiger partial charge on any atom is 0.230 e. The molecule has 0 aliphatic carbocycles. The molecular weight excluding hydrogens is 348 g/mol. The second kappa shape index (κ2) is 7.56. The minimum Gasteiger partial charge on any atom is -0.343 e. The van der Waals surface area contributed by atoms with Crippen molar-refractivity contribution in [3.05, 3.63) is 64.3 Å². The van der Waals surface area contributed by atoms with Gasteiger partial charge in [-0.3, -0.25) is 10.2 Å². The van der Waals surface area contributed by atoms with Crippen LogP contribution in [0.3, 0.4) is 0 Å². The number of rotatable bonds is 3. The van der Waals surface area contributed by atoms with Crippen molar-refractivity contribution in [3.63, 3.8) is 0 Å². The fraction of sp³-hybridized carbons (Fsp3) is 0.318. The van der Waals surface area contributed by atoms with E-state index in [1.54, 1.807) is 0 Å². The molecular formula is C22H26N6. The summed E-state index contributed by atoms with van der Waals surface area (Å²) >= 11 is 0. The van der Waals surface area contributed by atoms with E-state index in [1.165, 1.54) is 16.7 Å². The number of guanidine groups is 1. The Morgan fingerprint density at radius 1 is 1.00 bits per heavy atom. The van der Waals surface area contributed by atoms with Crippen molar-refractivity contribution in [2.24, 2.45) is 4.99 Å². The maximum atomic E-state index is 4.71. The minimum absolute atomic E-state index is 0.579. The second-order valence-electron chi connectivity index (χ2n) is 7.53. The van der Waals surface area contributed by atoms with Crippen LogP contribution in [-0.4, -0.2) is 34.2 Å². The summed E-state index contributed by atoms with van der Waals surface area (Å²) in [7, 11) is 0. The molecule has 6 heteroatoms. The molecule has 0 unspecified atom stereocenters. The zero-order valence-electron chi connectivity index (χ0n) is 16.9. The summed E-state index contributed by atoms with van der Waals surface area (Å²) in [5.41, 5.74) is 6.91. The van der Waals surface area contributed by atoms with Gasteiger partial charge in [-0.05, 0) is 44.9 Å². The number of aliphatic imine (C=N–C) groups is 1. The average molecular weight is 374 g/mol. The van der Waals surface area contributed by atoms with Gasteiger partial charge < -0.3 is 5.32 Å². The van der Waals surface area contributed by atoms with Crippen LogP contribution in [0, 0.1) is 27.7 Å². The Labute approximate surface area is 165 Å². The summed E-state index contributed by atoms with van der Waals surface area (Å²) in [6.07, 6.45) is 0. The molecule has 0 spiro atoms. The molecule has 0 bridgehead atoms. The first kappa shape index (κ1) is 18.4. The predicted octanol–water partition coefficient (Wildman–Crippen LogP) is 3.65. The first-order valence-electron chi connectivity index (χ1n) is 9.57. The number of fused-ring (bicyclic) bond motifs is 1. The van der Waals surface area contributed by atoms with Crippen molar-refractivity contribution >= 4 is 22.8 Å². The molecule has 3 aromatic rings. The third kappa shape index (κ3) is 3.97. The summed E-state index contributed by atoms with van der Waals surface area (Å²) in [5.74, 6) is 1.29. The van der Waals surface area contributed by atoms with Crippen LogP contribution < -0.4 is 10.6 Å². The largest absolute Gasteiger partial charge is 0.343 e. The lowest BCUT2D eigenvalue weighted by Gasteiger charge is -2.27. The van der Waals surface area contributed by atoms with Gasteiger partial charge in [0, 0.05) is 11.9 Å². The highest BCUT2D eigenvalue weighted by molar-refractivity contribution is 5.94. The van der Waals surface area contributed by atoms with Crippen LogP contribution in [0.15, 0.2) is 41.4 Å². The Morgan fingerprint density at radius 3 is 2.50 bits per heavy atom. The Balaban J connectivity index is 1.46. The van der Waals surface area contributed by atoms with Crippen molar-refractivity contribution in [2.45, 2.75) is 34.2 Å². The van der Waals surface area contributed by atoms with E-state index in [-0.39, 0.29) is 0 Å². The van der Waals surface area contributed by atoms with Gasteiger partial charge in [-0.1, -0.05) is 41.5 Å². The number of hydrogen-bond acceptors (Lipinski definition) is 6. The highest BCUT2D eigenvalue weighted by Gasteiger charge is 2.14. The van der Waals surface area contributed by atoms with Gasteiger partial charge in [-0.2, -0.15) is 0 Å². The number of nitrogens with zero attached hydrogens (tertiary/aromatic N) is 4. The van der Waals surface area contributed by atoms with E-state index >= 15 is 0 Å². The van der Waals surface area contributed by atoms with Crippen molar-refractivity contribution in [1.29, 1.82) is 0 Å². The molecule has 2 aromatic carbocycles. The van der Waals surface area contributed by atoms with Gasteiger partial charge in [-0.15, -0.1) is 0 Å². The van der Waals surface area contributed by atoms with Crippen LogP contribution in [0.4, 0.5) is 5.95 Å². The summed E-state index contributed by atoms with van der Waals surface area (Å²) in [6, 6.07) is 12.9.